The van der Waals surface area contributed by atoms with Gasteiger partial charge in [0.25, 0.3) is 0 Å². The second-order valence-corrected chi connectivity index (χ2v) is 7.93. The van der Waals surface area contributed by atoms with Crippen molar-refractivity contribution in [3.63, 3.8) is 0 Å². The van der Waals surface area contributed by atoms with E-state index in [0.717, 1.165) is 18.4 Å². The topological polar surface area (TPSA) is 75.3 Å². The van der Waals surface area contributed by atoms with E-state index in [2.05, 4.69) is 10.0 Å². The van der Waals surface area contributed by atoms with Crippen LogP contribution in [-0.2, 0) is 21.2 Å². The third kappa shape index (κ3) is 4.56. The lowest BCUT2D eigenvalue weighted by Crippen LogP contribution is -2.25. The van der Waals surface area contributed by atoms with Crippen LogP contribution >= 0.6 is 11.6 Å². The van der Waals surface area contributed by atoms with Crippen LogP contribution < -0.4 is 10.0 Å². The molecule has 1 aliphatic carbocycles. The smallest absolute Gasteiger partial charge is 0.240 e. The van der Waals surface area contributed by atoms with Crippen molar-refractivity contribution in [2.45, 2.75) is 30.2 Å². The molecule has 0 saturated heterocycles. The Morgan fingerprint density at radius 1 is 1.12 bits per heavy atom. The van der Waals surface area contributed by atoms with Crippen molar-refractivity contribution in [3.05, 3.63) is 59.1 Å². The highest BCUT2D eigenvalue weighted by Gasteiger charge is 2.28. The molecular formula is C17H17ClN2O3S. The second kappa shape index (κ2) is 6.93. The van der Waals surface area contributed by atoms with Gasteiger partial charge in [0.05, 0.1) is 11.3 Å². The van der Waals surface area contributed by atoms with Crippen molar-refractivity contribution in [2.24, 2.45) is 0 Å². The Bertz CT molecular complexity index is 846. The summed E-state index contributed by atoms with van der Waals surface area (Å²) < 4.78 is 27.0. The Morgan fingerprint density at radius 3 is 2.50 bits per heavy atom. The first-order valence-corrected chi connectivity index (χ1v) is 9.45. The normalized spacial score (nSPS) is 14.4. The van der Waals surface area contributed by atoms with Gasteiger partial charge in [-0.25, -0.2) is 13.1 Å². The lowest BCUT2D eigenvalue weighted by atomic mass is 10.1. The first kappa shape index (κ1) is 17.0. The van der Waals surface area contributed by atoms with Gasteiger partial charge in [-0.15, -0.1) is 0 Å². The minimum Gasteiger partial charge on any atom is -0.326 e. The molecular weight excluding hydrogens is 348 g/mol. The molecule has 2 N–H and O–H groups in total. The van der Waals surface area contributed by atoms with Gasteiger partial charge in [0.1, 0.15) is 0 Å². The molecule has 2 aromatic carbocycles. The molecule has 1 aliphatic rings. The van der Waals surface area contributed by atoms with Crippen LogP contribution in [0.25, 0.3) is 0 Å². The number of halogens is 1. The lowest BCUT2D eigenvalue weighted by molar-refractivity contribution is -0.115. The molecule has 7 heteroatoms. The summed E-state index contributed by atoms with van der Waals surface area (Å²) in [5, 5.41) is 3.33. The SMILES string of the molecule is O=C(Cc1ccc(Cl)cc1)Nc1cccc(S(=O)(=O)NC2CC2)c1. The van der Waals surface area contributed by atoms with Gasteiger partial charge in [0, 0.05) is 16.8 Å². The van der Waals surface area contributed by atoms with Gasteiger partial charge in [-0.1, -0.05) is 29.8 Å². The molecule has 1 amide bonds. The summed E-state index contributed by atoms with van der Waals surface area (Å²) in [4.78, 5) is 12.3. The van der Waals surface area contributed by atoms with E-state index in [1.165, 1.54) is 12.1 Å². The van der Waals surface area contributed by atoms with Gasteiger partial charge in [-0.05, 0) is 48.7 Å². The highest BCUT2D eigenvalue weighted by molar-refractivity contribution is 7.89. The first-order valence-electron chi connectivity index (χ1n) is 7.59. The average Bonchev–Trinajstić information content (AvgIpc) is 3.33. The van der Waals surface area contributed by atoms with E-state index in [1.54, 1.807) is 36.4 Å². The highest BCUT2D eigenvalue weighted by Crippen LogP contribution is 2.23. The number of benzene rings is 2. The van der Waals surface area contributed by atoms with Crippen molar-refractivity contribution in [2.75, 3.05) is 5.32 Å². The van der Waals surface area contributed by atoms with Crippen molar-refractivity contribution in [1.29, 1.82) is 0 Å². The number of carbonyl (C=O) groups excluding carboxylic acids is 1. The molecule has 3 rings (SSSR count). The van der Waals surface area contributed by atoms with Crippen molar-refractivity contribution in [1.82, 2.24) is 4.72 Å². The van der Waals surface area contributed by atoms with Crippen LogP contribution in [-0.4, -0.2) is 20.4 Å². The summed E-state index contributed by atoms with van der Waals surface area (Å²) in [7, 11) is -3.53. The molecule has 24 heavy (non-hydrogen) atoms. The molecule has 0 bridgehead atoms. The Labute approximate surface area is 146 Å². The van der Waals surface area contributed by atoms with Crippen molar-refractivity contribution >= 4 is 33.2 Å². The number of anilines is 1. The Kier molecular flexibility index (Phi) is 4.89. The van der Waals surface area contributed by atoms with Crippen LogP contribution in [0, 0.1) is 0 Å². The summed E-state index contributed by atoms with van der Waals surface area (Å²) in [5.74, 6) is -0.220. The largest absolute Gasteiger partial charge is 0.326 e. The van der Waals surface area contributed by atoms with Gasteiger partial charge in [-0.3, -0.25) is 4.79 Å². The summed E-state index contributed by atoms with van der Waals surface area (Å²) in [6.45, 7) is 0. The number of amides is 1. The number of hydrogen-bond donors (Lipinski definition) is 2. The Morgan fingerprint density at radius 2 is 1.83 bits per heavy atom. The number of rotatable bonds is 6. The Hall–Kier alpha value is -1.89. The number of hydrogen-bond acceptors (Lipinski definition) is 3. The molecule has 126 valence electrons. The molecule has 0 radical (unpaired) electrons. The van der Waals surface area contributed by atoms with Crippen LogP contribution in [0.5, 0.6) is 0 Å². The maximum absolute atomic E-state index is 12.2. The lowest BCUT2D eigenvalue weighted by Gasteiger charge is -2.09. The average molecular weight is 365 g/mol. The van der Waals surface area contributed by atoms with Gasteiger partial charge in [0.15, 0.2) is 0 Å². The van der Waals surface area contributed by atoms with Crippen LogP contribution in [0.4, 0.5) is 5.69 Å². The maximum atomic E-state index is 12.2. The zero-order valence-electron chi connectivity index (χ0n) is 12.8. The summed E-state index contributed by atoms with van der Waals surface area (Å²) in [6, 6.07) is 13.3. The maximum Gasteiger partial charge on any atom is 0.240 e. The van der Waals surface area contributed by atoms with Crippen LogP contribution in [0.1, 0.15) is 18.4 Å². The molecule has 5 nitrogen and oxygen atoms in total. The van der Waals surface area contributed by atoms with Gasteiger partial charge in [-0.2, -0.15) is 0 Å². The minimum absolute atomic E-state index is 0.0400. The van der Waals surface area contributed by atoms with Crippen molar-refractivity contribution < 1.29 is 13.2 Å². The van der Waals surface area contributed by atoms with Gasteiger partial charge < -0.3 is 5.32 Å². The van der Waals surface area contributed by atoms with Crippen LogP contribution in [0.15, 0.2) is 53.4 Å². The van der Waals surface area contributed by atoms with E-state index in [-0.39, 0.29) is 23.3 Å². The molecule has 0 atom stereocenters. The van der Waals surface area contributed by atoms with E-state index in [4.69, 9.17) is 11.6 Å². The summed E-state index contributed by atoms with van der Waals surface area (Å²) >= 11 is 5.82. The minimum atomic E-state index is -3.53. The molecule has 0 aromatic heterocycles. The molecule has 0 spiro atoms. The fourth-order valence-electron chi connectivity index (χ4n) is 2.22. The second-order valence-electron chi connectivity index (χ2n) is 5.77. The zero-order valence-corrected chi connectivity index (χ0v) is 14.4. The van der Waals surface area contributed by atoms with E-state index in [1.807, 2.05) is 0 Å². The van der Waals surface area contributed by atoms with Gasteiger partial charge in [0.2, 0.25) is 15.9 Å². The number of nitrogens with one attached hydrogen (secondary N) is 2. The standard InChI is InChI=1S/C17H17ClN2O3S/c18-13-6-4-12(5-7-13)10-17(21)19-15-2-1-3-16(11-15)24(22,23)20-14-8-9-14/h1-7,11,14,20H,8-10H2,(H,19,21). The molecule has 0 aliphatic heterocycles. The van der Waals surface area contributed by atoms with Crippen LogP contribution in [0.2, 0.25) is 5.02 Å². The summed E-state index contributed by atoms with van der Waals surface area (Å²) in [5.41, 5.74) is 1.28. The molecule has 1 saturated carbocycles. The number of carbonyl (C=O) groups is 1. The predicted octanol–water partition coefficient (Wildman–Crippen LogP) is 2.96. The fourth-order valence-corrected chi connectivity index (χ4v) is 3.70. The number of sulfonamides is 1. The Balaban J connectivity index is 1.67. The van der Waals surface area contributed by atoms with E-state index >= 15 is 0 Å². The highest BCUT2D eigenvalue weighted by atomic mass is 35.5. The fraction of sp³-hybridized carbons (Fsp3) is 0.235. The van der Waals surface area contributed by atoms with E-state index in [9.17, 15) is 13.2 Å². The third-order valence-electron chi connectivity index (χ3n) is 3.61. The summed E-state index contributed by atoms with van der Waals surface area (Å²) in [6.07, 6.45) is 1.93. The predicted molar refractivity (Wildman–Crippen MR) is 93.6 cm³/mol. The van der Waals surface area contributed by atoms with E-state index < -0.39 is 10.0 Å². The quantitative estimate of drug-likeness (QED) is 0.827. The molecule has 0 heterocycles. The van der Waals surface area contributed by atoms with Gasteiger partial charge >= 0.3 is 0 Å². The third-order valence-corrected chi connectivity index (χ3v) is 5.38. The molecule has 2 aromatic rings. The van der Waals surface area contributed by atoms with E-state index in [0.29, 0.717) is 10.7 Å². The first-order chi connectivity index (χ1) is 11.4. The molecule has 1 fully saturated rings. The van der Waals surface area contributed by atoms with Crippen LogP contribution in [0.3, 0.4) is 0 Å². The molecule has 0 unspecified atom stereocenters. The zero-order chi connectivity index (χ0) is 17.2. The van der Waals surface area contributed by atoms with Crippen molar-refractivity contribution in [3.8, 4) is 0 Å². The monoisotopic (exact) mass is 364 g/mol.